The Labute approximate surface area is 115 Å². The predicted molar refractivity (Wildman–Crippen MR) is 78.7 cm³/mol. The fourth-order valence-electron chi connectivity index (χ4n) is 2.52. The molecule has 2 rings (SSSR count). The second-order valence-electron chi connectivity index (χ2n) is 5.28. The molecule has 0 aromatic heterocycles. The van der Waals surface area contributed by atoms with Crippen molar-refractivity contribution in [1.29, 1.82) is 0 Å². The van der Waals surface area contributed by atoms with Gasteiger partial charge in [-0.05, 0) is 57.6 Å². The monoisotopic (exact) mass is 261 g/mol. The molecule has 0 radical (unpaired) electrons. The van der Waals surface area contributed by atoms with E-state index in [0.29, 0.717) is 0 Å². The molecule has 1 atom stereocenters. The molecular formula is C15H23N3O. The van der Waals surface area contributed by atoms with E-state index in [0.717, 1.165) is 42.9 Å². The number of likely N-dealkylation sites (N-methyl/N-ethyl adjacent to an activating group) is 1. The number of likely N-dealkylation sites (tertiary alicyclic amines) is 1. The highest BCUT2D eigenvalue weighted by molar-refractivity contribution is 5.95. The van der Waals surface area contributed by atoms with Gasteiger partial charge < -0.3 is 15.5 Å². The van der Waals surface area contributed by atoms with Crippen molar-refractivity contribution in [1.82, 2.24) is 10.2 Å². The van der Waals surface area contributed by atoms with E-state index in [-0.39, 0.29) is 11.9 Å². The zero-order chi connectivity index (χ0) is 13.8. The van der Waals surface area contributed by atoms with Crippen LogP contribution in [0.2, 0.25) is 0 Å². The molecule has 1 aliphatic rings. The summed E-state index contributed by atoms with van der Waals surface area (Å²) in [5, 5.41) is 6.39. The zero-order valence-corrected chi connectivity index (χ0v) is 12.0. The summed E-state index contributed by atoms with van der Waals surface area (Å²) in [5.74, 6) is 0.0337. The van der Waals surface area contributed by atoms with Crippen LogP contribution in [0.5, 0.6) is 0 Å². The number of carbonyl (C=O) groups is 1. The molecule has 1 fully saturated rings. The highest BCUT2D eigenvalue weighted by atomic mass is 16.1. The van der Waals surface area contributed by atoms with Crippen molar-refractivity contribution in [2.24, 2.45) is 0 Å². The van der Waals surface area contributed by atoms with Crippen LogP contribution in [0.3, 0.4) is 0 Å². The highest BCUT2D eigenvalue weighted by Gasteiger charge is 2.21. The third-order valence-corrected chi connectivity index (χ3v) is 3.58. The molecule has 0 spiro atoms. The summed E-state index contributed by atoms with van der Waals surface area (Å²) in [6, 6.07) is 6.10. The number of aryl methyl sites for hydroxylation is 1. The lowest BCUT2D eigenvalue weighted by Gasteiger charge is -2.14. The van der Waals surface area contributed by atoms with Crippen LogP contribution in [-0.2, 0) is 0 Å². The van der Waals surface area contributed by atoms with Crippen LogP contribution in [-0.4, -0.2) is 43.5 Å². The second-order valence-corrected chi connectivity index (χ2v) is 5.28. The minimum atomic E-state index is 0.0337. The first-order valence-corrected chi connectivity index (χ1v) is 6.94. The minimum absolute atomic E-state index is 0.0337. The van der Waals surface area contributed by atoms with E-state index in [9.17, 15) is 4.79 Å². The Morgan fingerprint density at radius 3 is 2.84 bits per heavy atom. The van der Waals surface area contributed by atoms with Crippen molar-refractivity contribution >= 4 is 11.6 Å². The van der Waals surface area contributed by atoms with E-state index in [2.05, 4.69) is 29.5 Å². The van der Waals surface area contributed by atoms with E-state index in [1.54, 1.807) is 0 Å². The summed E-state index contributed by atoms with van der Waals surface area (Å²) in [7, 11) is 2.08. The van der Waals surface area contributed by atoms with Gasteiger partial charge in [-0.15, -0.1) is 0 Å². The van der Waals surface area contributed by atoms with Gasteiger partial charge in [0.2, 0.25) is 0 Å². The Balaban J connectivity index is 2.01. The van der Waals surface area contributed by atoms with E-state index < -0.39 is 0 Å². The average Bonchev–Trinajstić information content (AvgIpc) is 2.77. The molecule has 1 aromatic rings. The molecule has 1 aliphatic heterocycles. The highest BCUT2D eigenvalue weighted by Crippen LogP contribution is 2.17. The predicted octanol–water partition coefficient (Wildman–Crippen LogP) is 1.86. The second kappa shape index (κ2) is 6.06. The van der Waals surface area contributed by atoms with Crippen LogP contribution < -0.4 is 10.6 Å². The number of anilines is 1. The van der Waals surface area contributed by atoms with Gasteiger partial charge in [0.15, 0.2) is 0 Å². The normalized spacial score (nSPS) is 19.4. The maximum Gasteiger partial charge on any atom is 0.251 e. The van der Waals surface area contributed by atoms with Gasteiger partial charge in [0.05, 0.1) is 0 Å². The molecule has 19 heavy (non-hydrogen) atoms. The summed E-state index contributed by atoms with van der Waals surface area (Å²) in [6.07, 6.45) is 1.04. The van der Waals surface area contributed by atoms with E-state index in [4.69, 9.17) is 0 Å². The van der Waals surface area contributed by atoms with Crippen LogP contribution in [0.1, 0.15) is 29.3 Å². The van der Waals surface area contributed by atoms with Gasteiger partial charge in [0.1, 0.15) is 0 Å². The summed E-state index contributed by atoms with van der Waals surface area (Å²) in [4.78, 5) is 14.4. The van der Waals surface area contributed by atoms with Crippen LogP contribution in [0.25, 0.3) is 0 Å². The Bertz CT molecular complexity index is 459. The lowest BCUT2D eigenvalue weighted by Crippen LogP contribution is -2.36. The van der Waals surface area contributed by atoms with Crippen LogP contribution in [0.4, 0.5) is 5.69 Å². The first-order chi connectivity index (χ1) is 9.10. The lowest BCUT2D eigenvalue weighted by atomic mass is 10.1. The summed E-state index contributed by atoms with van der Waals surface area (Å²) < 4.78 is 0. The van der Waals surface area contributed by atoms with Gasteiger partial charge in [-0.2, -0.15) is 0 Å². The Morgan fingerprint density at radius 2 is 2.26 bits per heavy atom. The number of carbonyl (C=O) groups excluding carboxylic acids is 1. The van der Waals surface area contributed by atoms with Crippen molar-refractivity contribution in [3.05, 3.63) is 29.3 Å². The van der Waals surface area contributed by atoms with Crippen molar-refractivity contribution in [3.8, 4) is 0 Å². The molecule has 0 aliphatic carbocycles. The number of hydrogen-bond donors (Lipinski definition) is 2. The van der Waals surface area contributed by atoms with Gasteiger partial charge in [0.25, 0.3) is 5.91 Å². The fourth-order valence-corrected chi connectivity index (χ4v) is 2.52. The van der Waals surface area contributed by atoms with Gasteiger partial charge in [0, 0.05) is 30.4 Å². The van der Waals surface area contributed by atoms with E-state index in [1.807, 2.05) is 25.1 Å². The molecule has 1 aromatic carbocycles. The molecule has 1 amide bonds. The van der Waals surface area contributed by atoms with Crippen molar-refractivity contribution in [3.63, 3.8) is 0 Å². The summed E-state index contributed by atoms with van der Waals surface area (Å²) in [5.41, 5.74) is 2.95. The van der Waals surface area contributed by atoms with E-state index >= 15 is 0 Å². The number of amides is 1. The summed E-state index contributed by atoms with van der Waals surface area (Å²) >= 11 is 0. The molecule has 0 saturated carbocycles. The fraction of sp³-hybridized carbons (Fsp3) is 0.533. The molecule has 1 heterocycles. The minimum Gasteiger partial charge on any atom is -0.385 e. The first-order valence-electron chi connectivity index (χ1n) is 6.94. The smallest absolute Gasteiger partial charge is 0.251 e. The van der Waals surface area contributed by atoms with Crippen molar-refractivity contribution in [2.75, 3.05) is 32.0 Å². The number of hydrogen-bond acceptors (Lipinski definition) is 3. The van der Waals surface area contributed by atoms with Crippen LogP contribution in [0, 0.1) is 6.92 Å². The molecule has 4 nitrogen and oxygen atoms in total. The quantitative estimate of drug-likeness (QED) is 0.869. The standard InChI is InChI=1S/C15H23N3O/c1-4-16-14-6-5-12(9-11(14)2)15(19)17-13-7-8-18(3)10-13/h5-6,9,13,16H,4,7-8,10H2,1-3H3,(H,17,19). The molecular weight excluding hydrogens is 238 g/mol. The maximum atomic E-state index is 12.2. The zero-order valence-electron chi connectivity index (χ0n) is 12.0. The van der Waals surface area contributed by atoms with Gasteiger partial charge in [-0.3, -0.25) is 4.79 Å². The largest absolute Gasteiger partial charge is 0.385 e. The Kier molecular flexibility index (Phi) is 4.43. The number of benzene rings is 1. The average molecular weight is 261 g/mol. The number of nitrogens with one attached hydrogen (secondary N) is 2. The molecule has 104 valence electrons. The van der Waals surface area contributed by atoms with Gasteiger partial charge in [-0.25, -0.2) is 0 Å². The summed E-state index contributed by atoms with van der Waals surface area (Å²) in [6.45, 7) is 6.99. The lowest BCUT2D eigenvalue weighted by molar-refractivity contribution is 0.0938. The Morgan fingerprint density at radius 1 is 1.47 bits per heavy atom. The van der Waals surface area contributed by atoms with Gasteiger partial charge >= 0.3 is 0 Å². The van der Waals surface area contributed by atoms with Crippen molar-refractivity contribution < 1.29 is 4.79 Å². The molecule has 1 saturated heterocycles. The first kappa shape index (κ1) is 13.9. The van der Waals surface area contributed by atoms with Crippen LogP contribution >= 0.6 is 0 Å². The third kappa shape index (κ3) is 3.47. The topological polar surface area (TPSA) is 44.4 Å². The van der Waals surface area contributed by atoms with Crippen molar-refractivity contribution in [2.45, 2.75) is 26.3 Å². The van der Waals surface area contributed by atoms with Gasteiger partial charge in [-0.1, -0.05) is 0 Å². The Hall–Kier alpha value is -1.55. The number of rotatable bonds is 4. The SMILES string of the molecule is CCNc1ccc(C(=O)NC2CCN(C)C2)cc1C. The number of nitrogens with zero attached hydrogens (tertiary/aromatic N) is 1. The maximum absolute atomic E-state index is 12.2. The molecule has 4 heteroatoms. The molecule has 2 N–H and O–H groups in total. The van der Waals surface area contributed by atoms with E-state index in [1.165, 1.54) is 0 Å². The third-order valence-electron chi connectivity index (χ3n) is 3.58. The molecule has 1 unspecified atom stereocenters. The van der Waals surface area contributed by atoms with Crippen LogP contribution in [0.15, 0.2) is 18.2 Å². The molecule has 0 bridgehead atoms.